The topological polar surface area (TPSA) is 87.2 Å². The minimum absolute atomic E-state index is 0.00925. The quantitative estimate of drug-likeness (QED) is 0.375. The number of anilines is 2. The molecule has 2 saturated heterocycles. The van der Waals surface area contributed by atoms with Crippen molar-refractivity contribution in [3.05, 3.63) is 83.4 Å². The monoisotopic (exact) mass is 566 g/mol. The number of nitrogens with two attached hydrogens (primary N) is 1. The first kappa shape index (κ1) is 26.5. The number of benzene rings is 2. The van der Waals surface area contributed by atoms with Crippen molar-refractivity contribution in [2.75, 3.05) is 42.5 Å². The highest BCUT2D eigenvalue weighted by Crippen LogP contribution is 2.35. The molecule has 2 atom stereocenters. The fourth-order valence-electron chi connectivity index (χ4n) is 6.87. The molecule has 0 aliphatic carbocycles. The second kappa shape index (κ2) is 10.5. The van der Waals surface area contributed by atoms with Crippen LogP contribution < -0.4 is 15.5 Å². The summed E-state index contributed by atoms with van der Waals surface area (Å²) in [5.74, 6) is -0.913. The summed E-state index contributed by atoms with van der Waals surface area (Å²) in [4.78, 5) is 36.7. The van der Waals surface area contributed by atoms with E-state index in [2.05, 4.69) is 30.0 Å². The van der Waals surface area contributed by atoms with Gasteiger partial charge in [-0.05, 0) is 68.0 Å². The van der Waals surface area contributed by atoms with E-state index in [4.69, 9.17) is 10.7 Å². The van der Waals surface area contributed by atoms with Gasteiger partial charge >= 0.3 is 0 Å². The fourth-order valence-corrected chi connectivity index (χ4v) is 6.87. The number of carbonyl (C=O) groups is 2. The number of hydrogen-bond donors (Lipinski definition) is 1. The number of halogens is 1. The van der Waals surface area contributed by atoms with E-state index in [1.807, 2.05) is 44.8 Å². The lowest BCUT2D eigenvalue weighted by atomic mass is 9.93. The third-order valence-corrected chi connectivity index (χ3v) is 9.27. The van der Waals surface area contributed by atoms with Crippen LogP contribution in [0.15, 0.2) is 60.9 Å². The van der Waals surface area contributed by atoms with E-state index in [0.717, 1.165) is 43.7 Å². The number of primary amides is 1. The van der Waals surface area contributed by atoms with Crippen molar-refractivity contribution >= 4 is 28.8 Å². The molecule has 2 fully saturated rings. The van der Waals surface area contributed by atoms with E-state index in [0.29, 0.717) is 48.5 Å². The van der Waals surface area contributed by atoms with E-state index in [-0.39, 0.29) is 29.6 Å². The van der Waals surface area contributed by atoms with Crippen molar-refractivity contribution in [2.45, 2.75) is 38.6 Å². The first-order valence-electron chi connectivity index (χ1n) is 14.9. The Morgan fingerprint density at radius 1 is 0.976 bits per heavy atom. The molecule has 0 radical (unpaired) electrons. The van der Waals surface area contributed by atoms with Crippen LogP contribution in [-0.2, 0) is 11.2 Å². The van der Waals surface area contributed by atoms with E-state index in [1.54, 1.807) is 6.07 Å². The average molecular weight is 567 g/mol. The summed E-state index contributed by atoms with van der Waals surface area (Å²) in [5.41, 5.74) is 11.8. The number of rotatable bonds is 5. The Bertz CT molecular complexity index is 1690. The molecule has 2 N–H and O–H groups in total. The van der Waals surface area contributed by atoms with Crippen molar-refractivity contribution in [3.8, 4) is 11.3 Å². The molecule has 9 heteroatoms. The van der Waals surface area contributed by atoms with Crippen LogP contribution in [0.5, 0.6) is 0 Å². The van der Waals surface area contributed by atoms with Gasteiger partial charge in [0.05, 0.1) is 28.9 Å². The maximum atomic E-state index is 15.6. The molecule has 2 amide bonds. The smallest absolute Gasteiger partial charge is 0.255 e. The predicted molar refractivity (Wildman–Crippen MR) is 161 cm³/mol. The molecule has 0 spiro atoms. The summed E-state index contributed by atoms with van der Waals surface area (Å²) in [7, 11) is 0. The Morgan fingerprint density at radius 3 is 2.55 bits per heavy atom. The molecule has 3 aliphatic heterocycles. The Kier molecular flexibility index (Phi) is 6.60. The van der Waals surface area contributed by atoms with Crippen LogP contribution in [0.1, 0.15) is 53.7 Å². The lowest BCUT2D eigenvalue weighted by molar-refractivity contribution is -0.121. The van der Waals surface area contributed by atoms with Crippen LogP contribution in [0, 0.1) is 11.7 Å². The lowest BCUT2D eigenvalue weighted by Crippen LogP contribution is -2.39. The number of fused-ring (bicyclic) bond motifs is 2. The van der Waals surface area contributed by atoms with Crippen LogP contribution in [0.25, 0.3) is 16.9 Å². The summed E-state index contributed by atoms with van der Waals surface area (Å²) in [6, 6.07) is 15.4. The van der Waals surface area contributed by atoms with Gasteiger partial charge in [-0.2, -0.15) is 0 Å². The molecule has 0 unspecified atom stereocenters. The van der Waals surface area contributed by atoms with Crippen LogP contribution in [-0.4, -0.2) is 58.8 Å². The van der Waals surface area contributed by atoms with Crippen molar-refractivity contribution in [2.24, 2.45) is 11.7 Å². The third kappa shape index (κ3) is 4.57. The number of aromatic nitrogens is 2. The number of imidazole rings is 1. The summed E-state index contributed by atoms with van der Waals surface area (Å²) in [6.45, 7) is 5.71. The Labute approximate surface area is 244 Å². The molecule has 0 bridgehead atoms. The molecule has 4 aromatic rings. The van der Waals surface area contributed by atoms with E-state index < -0.39 is 0 Å². The first-order chi connectivity index (χ1) is 20.4. The third-order valence-electron chi connectivity index (χ3n) is 9.27. The zero-order valence-electron chi connectivity index (χ0n) is 23.8. The lowest BCUT2D eigenvalue weighted by Gasteiger charge is -2.35. The average Bonchev–Trinajstić information content (AvgIpc) is 3.78. The second-order valence-electron chi connectivity index (χ2n) is 11.8. The molecule has 7 rings (SSSR count). The van der Waals surface area contributed by atoms with Gasteiger partial charge in [-0.25, -0.2) is 9.37 Å². The molecule has 216 valence electrons. The number of carbonyl (C=O) groups excluding carboxylic acids is 2. The molecular weight excluding hydrogens is 531 g/mol. The number of pyridine rings is 1. The fraction of sp³-hybridized carbons (Fsp3) is 0.364. The molecule has 3 aliphatic rings. The maximum absolute atomic E-state index is 15.6. The van der Waals surface area contributed by atoms with Crippen LogP contribution >= 0.6 is 0 Å². The van der Waals surface area contributed by atoms with E-state index >= 15 is 4.39 Å². The first-order valence-corrected chi connectivity index (χ1v) is 14.9. The van der Waals surface area contributed by atoms with Gasteiger partial charge in [0.2, 0.25) is 5.91 Å². The minimum Gasteiger partial charge on any atom is -0.371 e. The van der Waals surface area contributed by atoms with E-state index in [9.17, 15) is 9.59 Å². The number of hydrogen-bond acceptors (Lipinski definition) is 5. The van der Waals surface area contributed by atoms with Crippen molar-refractivity contribution in [1.82, 2.24) is 14.3 Å². The number of amides is 2. The van der Waals surface area contributed by atoms with Gasteiger partial charge in [0.1, 0.15) is 5.82 Å². The summed E-state index contributed by atoms with van der Waals surface area (Å²) < 4.78 is 17.4. The highest BCUT2D eigenvalue weighted by atomic mass is 19.1. The Hall–Kier alpha value is -4.40. The van der Waals surface area contributed by atoms with Crippen LogP contribution in [0.3, 0.4) is 0 Å². The van der Waals surface area contributed by atoms with Gasteiger partial charge in [-0.3, -0.25) is 9.59 Å². The highest BCUT2D eigenvalue weighted by Gasteiger charge is 2.30. The minimum atomic E-state index is -0.377. The normalized spacial score (nSPS) is 20.4. The number of nitrogens with zero attached hydrogens (tertiary/aromatic N) is 5. The molecule has 2 aromatic carbocycles. The summed E-state index contributed by atoms with van der Waals surface area (Å²) in [6.07, 6.45) is 7.33. The molecule has 8 nitrogen and oxygen atoms in total. The molecule has 0 saturated carbocycles. The predicted octanol–water partition coefficient (Wildman–Crippen LogP) is 4.81. The van der Waals surface area contributed by atoms with Gasteiger partial charge in [0.15, 0.2) is 5.65 Å². The van der Waals surface area contributed by atoms with E-state index in [1.165, 1.54) is 17.2 Å². The Balaban J connectivity index is 1.23. The van der Waals surface area contributed by atoms with Crippen molar-refractivity contribution < 1.29 is 14.0 Å². The summed E-state index contributed by atoms with van der Waals surface area (Å²) in [5, 5.41) is 0. The zero-order valence-corrected chi connectivity index (χ0v) is 23.8. The van der Waals surface area contributed by atoms with Gasteiger partial charge in [-0.15, -0.1) is 0 Å². The van der Waals surface area contributed by atoms with Crippen molar-refractivity contribution in [3.63, 3.8) is 0 Å². The summed E-state index contributed by atoms with van der Waals surface area (Å²) >= 11 is 0. The van der Waals surface area contributed by atoms with Crippen LogP contribution in [0.2, 0.25) is 0 Å². The van der Waals surface area contributed by atoms with Crippen molar-refractivity contribution in [1.29, 1.82) is 0 Å². The Morgan fingerprint density at radius 2 is 1.79 bits per heavy atom. The SMILES string of the molecule is C[C@@H]1c2ccccc2CCN1C(=O)c1cc(N2CCCC2)c2nc(-c3ccc(N4CC[C@H](C(N)=O)C4)cc3F)cn2c1. The van der Waals surface area contributed by atoms with Gasteiger partial charge in [0.25, 0.3) is 5.91 Å². The van der Waals surface area contributed by atoms with Gasteiger partial charge in [-0.1, -0.05) is 24.3 Å². The standard InChI is InChI=1S/C33H35FN6O2/c1-21-26-7-3-2-6-22(26)11-15-40(21)33(42)24-16-30(37-12-4-5-13-37)32-36-29(20-39(32)19-24)27-9-8-25(17-28(27)34)38-14-10-23(18-38)31(35)41/h2-3,6-9,16-17,19-21,23H,4-5,10-15,18H2,1H3,(H2,35,41)/t21-,23+/m1/s1. The maximum Gasteiger partial charge on any atom is 0.255 e. The molecular formula is C33H35FN6O2. The zero-order chi connectivity index (χ0) is 29.0. The second-order valence-corrected chi connectivity index (χ2v) is 11.8. The largest absolute Gasteiger partial charge is 0.371 e. The van der Waals surface area contributed by atoms with Gasteiger partial charge in [0, 0.05) is 56.4 Å². The molecule has 5 heterocycles. The molecule has 42 heavy (non-hydrogen) atoms. The van der Waals surface area contributed by atoms with Crippen LogP contribution in [0.4, 0.5) is 15.8 Å². The molecule has 2 aromatic heterocycles. The van der Waals surface area contributed by atoms with Gasteiger partial charge < -0.3 is 24.8 Å². The highest BCUT2D eigenvalue weighted by molar-refractivity contribution is 5.97.